The standard InChI is InChI=1S/C24H25N3S/c25-23-10-6-20(7-11-23)17-28-24(16-27-14-13-26-18-27)12-8-19-5-9-21-3-1-2-4-22(21)15-19/h1-7,9-11,13-15,18,24H,8,12,16-17,25H2. The Morgan fingerprint density at radius 2 is 1.71 bits per heavy atom. The van der Waals surface area contributed by atoms with Crippen LogP contribution in [0.1, 0.15) is 17.5 Å². The van der Waals surface area contributed by atoms with Gasteiger partial charge in [-0.05, 0) is 46.9 Å². The fourth-order valence-corrected chi connectivity index (χ4v) is 4.59. The van der Waals surface area contributed by atoms with Crippen LogP contribution in [0.5, 0.6) is 0 Å². The molecular weight excluding hydrogens is 362 g/mol. The number of benzene rings is 3. The van der Waals surface area contributed by atoms with Crippen LogP contribution in [0.2, 0.25) is 0 Å². The molecule has 3 nitrogen and oxygen atoms in total. The number of hydrogen-bond donors (Lipinski definition) is 1. The van der Waals surface area contributed by atoms with Gasteiger partial charge in [-0.25, -0.2) is 4.98 Å². The molecule has 0 saturated carbocycles. The second kappa shape index (κ2) is 8.98. The van der Waals surface area contributed by atoms with E-state index in [-0.39, 0.29) is 0 Å². The Morgan fingerprint density at radius 3 is 2.50 bits per heavy atom. The van der Waals surface area contributed by atoms with Crippen molar-refractivity contribution in [1.29, 1.82) is 0 Å². The molecule has 4 heteroatoms. The number of hydrogen-bond acceptors (Lipinski definition) is 3. The van der Waals surface area contributed by atoms with Crippen molar-refractivity contribution in [3.63, 3.8) is 0 Å². The van der Waals surface area contributed by atoms with E-state index < -0.39 is 0 Å². The van der Waals surface area contributed by atoms with E-state index in [0.717, 1.165) is 30.8 Å². The van der Waals surface area contributed by atoms with Gasteiger partial charge in [0.2, 0.25) is 0 Å². The zero-order valence-electron chi connectivity index (χ0n) is 15.9. The first-order valence-electron chi connectivity index (χ1n) is 9.66. The molecule has 0 bridgehead atoms. The Balaban J connectivity index is 1.42. The first-order chi connectivity index (χ1) is 13.8. The number of fused-ring (bicyclic) bond motifs is 1. The van der Waals surface area contributed by atoms with E-state index in [1.807, 2.05) is 42.6 Å². The minimum absolute atomic E-state index is 0.526. The molecule has 0 fully saturated rings. The molecule has 4 aromatic rings. The van der Waals surface area contributed by atoms with Crippen LogP contribution in [-0.2, 0) is 18.7 Å². The van der Waals surface area contributed by atoms with E-state index >= 15 is 0 Å². The van der Waals surface area contributed by atoms with Gasteiger partial charge in [0.05, 0.1) is 6.33 Å². The fourth-order valence-electron chi connectivity index (χ4n) is 3.41. The first kappa shape index (κ1) is 18.6. The molecule has 0 aliphatic heterocycles. The number of anilines is 1. The predicted octanol–water partition coefficient (Wildman–Crippen LogP) is 5.55. The number of rotatable bonds is 8. The average Bonchev–Trinajstić information content (AvgIpc) is 3.24. The molecular formula is C24H25N3S. The molecule has 28 heavy (non-hydrogen) atoms. The zero-order valence-corrected chi connectivity index (χ0v) is 16.7. The van der Waals surface area contributed by atoms with E-state index in [0.29, 0.717) is 5.25 Å². The third-order valence-electron chi connectivity index (χ3n) is 5.01. The molecule has 0 saturated heterocycles. The monoisotopic (exact) mass is 387 g/mol. The maximum Gasteiger partial charge on any atom is 0.0946 e. The van der Waals surface area contributed by atoms with Gasteiger partial charge in [-0.1, -0.05) is 54.6 Å². The largest absolute Gasteiger partial charge is 0.399 e. The minimum atomic E-state index is 0.526. The third-order valence-corrected chi connectivity index (χ3v) is 6.36. The van der Waals surface area contributed by atoms with Crippen molar-refractivity contribution < 1.29 is 0 Å². The molecule has 1 aromatic heterocycles. The van der Waals surface area contributed by atoms with E-state index in [4.69, 9.17) is 5.73 Å². The smallest absolute Gasteiger partial charge is 0.0946 e. The van der Waals surface area contributed by atoms with Gasteiger partial charge in [0.25, 0.3) is 0 Å². The summed E-state index contributed by atoms with van der Waals surface area (Å²) in [5.41, 5.74) is 9.35. The highest BCUT2D eigenvalue weighted by Gasteiger charge is 2.11. The molecule has 0 aliphatic rings. The first-order valence-corrected chi connectivity index (χ1v) is 10.7. The molecule has 0 spiro atoms. The highest BCUT2D eigenvalue weighted by Crippen LogP contribution is 2.25. The van der Waals surface area contributed by atoms with Crippen molar-refractivity contribution in [3.8, 4) is 0 Å². The van der Waals surface area contributed by atoms with E-state index in [1.54, 1.807) is 0 Å². The topological polar surface area (TPSA) is 43.8 Å². The lowest BCUT2D eigenvalue weighted by molar-refractivity contribution is 0.624. The summed E-state index contributed by atoms with van der Waals surface area (Å²) in [6.07, 6.45) is 8.03. The number of nitrogens with zero attached hydrogens (tertiary/aromatic N) is 2. The summed E-state index contributed by atoms with van der Waals surface area (Å²) in [6, 6.07) is 23.6. The van der Waals surface area contributed by atoms with Crippen LogP contribution in [0.3, 0.4) is 0 Å². The number of imidazole rings is 1. The Kier molecular flexibility index (Phi) is 5.98. The molecule has 0 aliphatic carbocycles. The van der Waals surface area contributed by atoms with Crippen LogP contribution in [0.15, 0.2) is 85.5 Å². The van der Waals surface area contributed by atoms with Gasteiger partial charge in [0, 0.05) is 35.6 Å². The lowest BCUT2D eigenvalue weighted by atomic mass is 10.0. The molecule has 2 N–H and O–H groups in total. The maximum absolute atomic E-state index is 5.81. The summed E-state index contributed by atoms with van der Waals surface area (Å²) in [4.78, 5) is 4.20. The second-order valence-electron chi connectivity index (χ2n) is 7.15. The quantitative estimate of drug-likeness (QED) is 0.403. The Hall–Kier alpha value is -2.72. The Morgan fingerprint density at radius 1 is 0.929 bits per heavy atom. The summed E-state index contributed by atoms with van der Waals surface area (Å²) in [7, 11) is 0. The highest BCUT2D eigenvalue weighted by atomic mass is 32.2. The lowest BCUT2D eigenvalue weighted by Gasteiger charge is -2.18. The summed E-state index contributed by atoms with van der Waals surface area (Å²) < 4.78 is 2.18. The van der Waals surface area contributed by atoms with Crippen LogP contribution >= 0.6 is 11.8 Å². The number of nitrogens with two attached hydrogens (primary N) is 1. The molecule has 3 aromatic carbocycles. The Bertz CT molecular complexity index is 1010. The molecule has 0 radical (unpaired) electrons. The van der Waals surface area contributed by atoms with Crippen LogP contribution in [0.4, 0.5) is 5.69 Å². The van der Waals surface area contributed by atoms with Gasteiger partial charge in [0.15, 0.2) is 0 Å². The van der Waals surface area contributed by atoms with Gasteiger partial charge in [-0.2, -0.15) is 11.8 Å². The lowest BCUT2D eigenvalue weighted by Crippen LogP contribution is -2.13. The van der Waals surface area contributed by atoms with Gasteiger partial charge in [-0.3, -0.25) is 0 Å². The molecule has 1 atom stereocenters. The van der Waals surface area contributed by atoms with E-state index in [9.17, 15) is 0 Å². The van der Waals surface area contributed by atoms with Gasteiger partial charge < -0.3 is 10.3 Å². The van der Waals surface area contributed by atoms with Crippen molar-refractivity contribution in [3.05, 3.63) is 96.6 Å². The summed E-state index contributed by atoms with van der Waals surface area (Å²) in [5.74, 6) is 0.997. The molecule has 142 valence electrons. The van der Waals surface area contributed by atoms with Crippen LogP contribution < -0.4 is 5.73 Å². The van der Waals surface area contributed by atoms with Crippen LogP contribution in [0, 0.1) is 0 Å². The van der Waals surface area contributed by atoms with Crippen molar-refractivity contribution in [2.24, 2.45) is 0 Å². The normalized spacial score (nSPS) is 12.3. The van der Waals surface area contributed by atoms with Crippen LogP contribution in [-0.4, -0.2) is 14.8 Å². The third kappa shape index (κ3) is 4.96. The SMILES string of the molecule is Nc1ccc(CSC(CCc2ccc3ccccc3c2)Cn2ccnc2)cc1. The molecule has 1 heterocycles. The number of aromatic nitrogens is 2. The summed E-state index contributed by atoms with van der Waals surface area (Å²) in [6.45, 7) is 0.979. The van der Waals surface area contributed by atoms with Crippen molar-refractivity contribution in [2.45, 2.75) is 30.4 Å². The number of nitrogen functional groups attached to an aromatic ring is 1. The highest BCUT2D eigenvalue weighted by molar-refractivity contribution is 7.99. The molecule has 4 rings (SSSR count). The zero-order chi connectivity index (χ0) is 19.2. The predicted molar refractivity (Wildman–Crippen MR) is 120 cm³/mol. The molecule has 0 amide bonds. The fraction of sp³-hybridized carbons (Fsp3) is 0.208. The maximum atomic E-state index is 5.81. The van der Waals surface area contributed by atoms with E-state index in [1.165, 1.54) is 21.9 Å². The molecule has 1 unspecified atom stereocenters. The van der Waals surface area contributed by atoms with Crippen molar-refractivity contribution >= 4 is 28.2 Å². The Labute approximate surface area is 170 Å². The summed E-state index contributed by atoms with van der Waals surface area (Å²) >= 11 is 2.01. The van der Waals surface area contributed by atoms with E-state index in [2.05, 4.69) is 64.1 Å². The van der Waals surface area contributed by atoms with Crippen molar-refractivity contribution in [1.82, 2.24) is 9.55 Å². The number of thioether (sulfide) groups is 1. The van der Waals surface area contributed by atoms with Crippen molar-refractivity contribution in [2.75, 3.05) is 5.73 Å². The second-order valence-corrected chi connectivity index (χ2v) is 8.44. The van der Waals surface area contributed by atoms with Crippen LogP contribution in [0.25, 0.3) is 10.8 Å². The van der Waals surface area contributed by atoms with Gasteiger partial charge >= 0.3 is 0 Å². The average molecular weight is 388 g/mol. The number of aryl methyl sites for hydroxylation is 1. The van der Waals surface area contributed by atoms with Gasteiger partial charge in [-0.15, -0.1) is 0 Å². The minimum Gasteiger partial charge on any atom is -0.399 e. The van der Waals surface area contributed by atoms with Gasteiger partial charge in [0.1, 0.15) is 0 Å². The summed E-state index contributed by atoms with van der Waals surface area (Å²) in [5, 5.41) is 3.15.